The first-order valence-electron chi connectivity index (χ1n) is 4.68. The van der Waals surface area contributed by atoms with E-state index in [9.17, 15) is 14.0 Å². The average Bonchev–Trinajstić information content (AvgIpc) is 2.63. The zero-order valence-electron chi connectivity index (χ0n) is 8.24. The molecular weight excluding hydrogens is 215 g/mol. The van der Waals surface area contributed by atoms with Gasteiger partial charge in [0.25, 0.3) is 0 Å². The molecule has 2 rings (SSSR count). The second-order valence-corrected chi connectivity index (χ2v) is 3.32. The lowest BCUT2D eigenvalue weighted by atomic mass is 10.1. The van der Waals surface area contributed by atoms with Crippen molar-refractivity contribution in [3.63, 3.8) is 0 Å². The number of carboxylic acids is 1. The number of carboxylic acid groups (broad SMARTS) is 1. The van der Waals surface area contributed by atoms with Crippen LogP contribution in [0.3, 0.4) is 0 Å². The number of anilines is 1. The summed E-state index contributed by atoms with van der Waals surface area (Å²) in [6, 6.07) is 3.44. The average molecular weight is 224 g/mol. The summed E-state index contributed by atoms with van der Waals surface area (Å²) in [7, 11) is 0. The van der Waals surface area contributed by atoms with Gasteiger partial charge in [0.05, 0.1) is 5.69 Å². The van der Waals surface area contributed by atoms with E-state index in [0.29, 0.717) is 13.1 Å². The Balaban J connectivity index is 2.51. The van der Waals surface area contributed by atoms with E-state index in [0.717, 1.165) is 6.07 Å². The van der Waals surface area contributed by atoms with Crippen molar-refractivity contribution in [2.45, 2.75) is 0 Å². The maximum atomic E-state index is 13.3. The van der Waals surface area contributed by atoms with Gasteiger partial charge in [-0.3, -0.25) is 4.90 Å². The van der Waals surface area contributed by atoms with Gasteiger partial charge in [-0.1, -0.05) is 6.07 Å². The van der Waals surface area contributed by atoms with E-state index in [1.165, 1.54) is 17.0 Å². The van der Waals surface area contributed by atoms with Crippen LogP contribution in [0.15, 0.2) is 18.2 Å². The maximum absolute atomic E-state index is 13.3. The van der Waals surface area contributed by atoms with Crippen LogP contribution in [0.4, 0.5) is 14.9 Å². The molecule has 0 aliphatic carbocycles. The minimum Gasteiger partial charge on any atom is -0.478 e. The summed E-state index contributed by atoms with van der Waals surface area (Å²) in [5.74, 6) is -2.22. The van der Waals surface area contributed by atoms with Gasteiger partial charge in [-0.2, -0.15) is 0 Å². The van der Waals surface area contributed by atoms with E-state index in [2.05, 4.69) is 5.32 Å². The molecule has 84 valence electrons. The van der Waals surface area contributed by atoms with Gasteiger partial charge in [-0.15, -0.1) is 0 Å². The van der Waals surface area contributed by atoms with Gasteiger partial charge in [-0.05, 0) is 12.1 Å². The SMILES string of the molecule is O=C(O)c1c(F)cccc1N1CCNC1=O. The number of nitrogens with zero attached hydrogens (tertiary/aromatic N) is 1. The van der Waals surface area contributed by atoms with Crippen molar-refractivity contribution in [3.05, 3.63) is 29.6 Å². The Morgan fingerprint density at radius 3 is 2.81 bits per heavy atom. The predicted molar refractivity (Wildman–Crippen MR) is 54.1 cm³/mol. The summed E-state index contributed by atoms with van der Waals surface area (Å²) in [6.45, 7) is 0.761. The standard InChI is InChI=1S/C10H9FN2O3/c11-6-2-1-3-7(8(6)9(14)15)13-5-4-12-10(13)16/h1-3H,4-5H2,(H,12,16)(H,14,15). The van der Waals surface area contributed by atoms with Gasteiger partial charge in [-0.25, -0.2) is 14.0 Å². The van der Waals surface area contributed by atoms with Crippen molar-refractivity contribution in [2.24, 2.45) is 0 Å². The van der Waals surface area contributed by atoms with E-state index in [4.69, 9.17) is 5.11 Å². The molecule has 6 heteroatoms. The minimum atomic E-state index is -1.38. The Bertz CT molecular complexity index is 461. The lowest BCUT2D eigenvalue weighted by Crippen LogP contribution is -2.29. The second kappa shape index (κ2) is 3.80. The first kappa shape index (κ1) is 10.4. The molecule has 16 heavy (non-hydrogen) atoms. The lowest BCUT2D eigenvalue weighted by Gasteiger charge is -2.16. The lowest BCUT2D eigenvalue weighted by molar-refractivity contribution is 0.0693. The normalized spacial score (nSPS) is 15.1. The van der Waals surface area contributed by atoms with Crippen LogP contribution in [0.2, 0.25) is 0 Å². The van der Waals surface area contributed by atoms with Crippen LogP contribution in [0.5, 0.6) is 0 Å². The molecule has 0 spiro atoms. The largest absolute Gasteiger partial charge is 0.478 e. The molecule has 0 atom stereocenters. The molecule has 1 aromatic carbocycles. The molecule has 1 fully saturated rings. The van der Waals surface area contributed by atoms with E-state index in [-0.39, 0.29) is 5.69 Å². The quantitative estimate of drug-likeness (QED) is 0.788. The fraction of sp³-hybridized carbons (Fsp3) is 0.200. The highest BCUT2D eigenvalue weighted by atomic mass is 19.1. The zero-order chi connectivity index (χ0) is 11.7. The van der Waals surface area contributed by atoms with Crippen molar-refractivity contribution in [2.75, 3.05) is 18.0 Å². The molecule has 1 aliphatic heterocycles. The van der Waals surface area contributed by atoms with E-state index >= 15 is 0 Å². The Morgan fingerprint density at radius 2 is 2.25 bits per heavy atom. The van der Waals surface area contributed by atoms with Crippen LogP contribution in [-0.2, 0) is 0 Å². The predicted octanol–water partition coefficient (Wildman–Crippen LogP) is 1.05. The number of hydrogen-bond acceptors (Lipinski definition) is 2. The maximum Gasteiger partial charge on any atom is 0.340 e. The summed E-state index contributed by atoms with van der Waals surface area (Å²) in [5.41, 5.74) is -0.387. The van der Waals surface area contributed by atoms with E-state index in [1.807, 2.05) is 0 Å². The van der Waals surface area contributed by atoms with Crippen molar-refractivity contribution in [1.82, 2.24) is 5.32 Å². The van der Waals surface area contributed by atoms with Crippen molar-refractivity contribution in [3.8, 4) is 0 Å². The Kier molecular flexibility index (Phi) is 2.47. The van der Waals surface area contributed by atoms with Crippen LogP contribution in [0.25, 0.3) is 0 Å². The monoisotopic (exact) mass is 224 g/mol. The molecule has 5 nitrogen and oxygen atoms in total. The van der Waals surface area contributed by atoms with E-state index < -0.39 is 23.4 Å². The summed E-state index contributed by atoms with van der Waals surface area (Å²) >= 11 is 0. The van der Waals surface area contributed by atoms with Crippen LogP contribution in [0.1, 0.15) is 10.4 Å². The van der Waals surface area contributed by atoms with Crippen molar-refractivity contribution < 1.29 is 19.1 Å². The molecule has 1 aliphatic rings. The number of carbonyl (C=O) groups is 2. The number of urea groups is 1. The molecule has 0 aromatic heterocycles. The van der Waals surface area contributed by atoms with Crippen LogP contribution < -0.4 is 10.2 Å². The number of hydrogen-bond donors (Lipinski definition) is 2. The molecule has 1 heterocycles. The Labute approximate surface area is 90.5 Å². The first-order chi connectivity index (χ1) is 7.61. The van der Waals surface area contributed by atoms with Crippen LogP contribution in [0, 0.1) is 5.82 Å². The highest BCUT2D eigenvalue weighted by Gasteiger charge is 2.27. The smallest absolute Gasteiger partial charge is 0.340 e. The van der Waals surface area contributed by atoms with Crippen LogP contribution in [-0.4, -0.2) is 30.2 Å². The Morgan fingerprint density at radius 1 is 1.50 bits per heavy atom. The number of benzene rings is 1. The number of nitrogens with one attached hydrogen (secondary N) is 1. The molecule has 1 aromatic rings. The molecular formula is C10H9FN2O3. The van der Waals surface area contributed by atoms with Crippen molar-refractivity contribution >= 4 is 17.7 Å². The van der Waals surface area contributed by atoms with Gasteiger partial charge < -0.3 is 10.4 Å². The zero-order valence-corrected chi connectivity index (χ0v) is 8.24. The summed E-state index contributed by atoms with van der Waals surface area (Å²) < 4.78 is 13.3. The third-order valence-electron chi connectivity index (χ3n) is 2.35. The number of rotatable bonds is 2. The van der Waals surface area contributed by atoms with Crippen LogP contribution >= 0.6 is 0 Å². The molecule has 0 bridgehead atoms. The first-order valence-corrected chi connectivity index (χ1v) is 4.68. The minimum absolute atomic E-state index is 0.0856. The molecule has 0 radical (unpaired) electrons. The number of carbonyl (C=O) groups excluding carboxylic acids is 1. The number of halogens is 1. The Hall–Kier alpha value is -2.11. The summed E-state index contributed by atoms with van der Waals surface area (Å²) in [5, 5.41) is 11.4. The molecule has 2 amide bonds. The van der Waals surface area contributed by atoms with Gasteiger partial charge in [0, 0.05) is 13.1 Å². The molecule has 1 saturated heterocycles. The number of aromatic carboxylic acids is 1. The third kappa shape index (κ3) is 1.58. The molecule has 0 unspecified atom stereocenters. The second-order valence-electron chi connectivity index (χ2n) is 3.32. The van der Waals surface area contributed by atoms with Gasteiger partial charge in [0.1, 0.15) is 11.4 Å². The summed E-state index contributed by atoms with van der Waals surface area (Å²) in [4.78, 5) is 23.5. The number of amides is 2. The molecule has 2 N–H and O–H groups in total. The van der Waals surface area contributed by atoms with E-state index in [1.54, 1.807) is 0 Å². The fourth-order valence-corrected chi connectivity index (χ4v) is 1.65. The third-order valence-corrected chi connectivity index (χ3v) is 2.35. The van der Waals surface area contributed by atoms with Gasteiger partial charge >= 0.3 is 12.0 Å². The summed E-state index contributed by atoms with van der Waals surface area (Å²) in [6.07, 6.45) is 0. The topological polar surface area (TPSA) is 69.6 Å². The fourth-order valence-electron chi connectivity index (χ4n) is 1.65. The molecule has 0 saturated carbocycles. The van der Waals surface area contributed by atoms with Crippen molar-refractivity contribution in [1.29, 1.82) is 0 Å². The highest BCUT2D eigenvalue weighted by molar-refractivity contribution is 6.02. The highest BCUT2D eigenvalue weighted by Crippen LogP contribution is 2.24. The van der Waals surface area contributed by atoms with Gasteiger partial charge in [0.2, 0.25) is 0 Å². The van der Waals surface area contributed by atoms with Gasteiger partial charge in [0.15, 0.2) is 0 Å².